The van der Waals surface area contributed by atoms with E-state index in [0.717, 1.165) is 51.9 Å². The predicted molar refractivity (Wildman–Crippen MR) is 113 cm³/mol. The molecule has 1 aromatic carbocycles. The maximum atomic E-state index is 12.9. The molecule has 0 bridgehead atoms. The summed E-state index contributed by atoms with van der Waals surface area (Å²) in [5.74, 6) is 1.25. The van der Waals surface area contributed by atoms with Crippen molar-refractivity contribution >= 4 is 10.0 Å². The van der Waals surface area contributed by atoms with Crippen molar-refractivity contribution in [3.63, 3.8) is 0 Å². The van der Waals surface area contributed by atoms with Crippen LogP contribution in [0, 0.1) is 5.92 Å². The Morgan fingerprint density at radius 3 is 2.31 bits per heavy atom. The number of sulfonamides is 1. The minimum atomic E-state index is -3.41. The number of likely N-dealkylation sites (tertiary alicyclic amines) is 1. The van der Waals surface area contributed by atoms with Crippen molar-refractivity contribution in [2.24, 2.45) is 5.92 Å². The summed E-state index contributed by atoms with van der Waals surface area (Å²) >= 11 is 0. The fourth-order valence-corrected chi connectivity index (χ4v) is 6.51. The average Bonchev–Trinajstić information content (AvgIpc) is 2.77. The van der Waals surface area contributed by atoms with E-state index in [9.17, 15) is 8.42 Å². The monoisotopic (exact) mass is 422 g/mol. The quantitative estimate of drug-likeness (QED) is 0.730. The zero-order valence-electron chi connectivity index (χ0n) is 17.5. The number of piperidine rings is 2. The Balaban J connectivity index is 1.26. The first kappa shape index (κ1) is 21.1. The van der Waals surface area contributed by atoms with Crippen LogP contribution in [0.2, 0.25) is 0 Å². The highest BCUT2D eigenvalue weighted by Crippen LogP contribution is 2.35. The minimum absolute atomic E-state index is 0.157. The molecule has 0 aliphatic carbocycles. The molecule has 4 rings (SSSR count). The van der Waals surface area contributed by atoms with Crippen LogP contribution in [0.25, 0.3) is 0 Å². The molecular formula is C22H34N2O4S. The van der Waals surface area contributed by atoms with Crippen LogP contribution in [0.4, 0.5) is 0 Å². The van der Waals surface area contributed by atoms with E-state index < -0.39 is 10.0 Å². The predicted octanol–water partition coefficient (Wildman–Crippen LogP) is 3.13. The summed E-state index contributed by atoms with van der Waals surface area (Å²) in [5, 5.41) is 0. The van der Waals surface area contributed by atoms with Crippen LogP contribution < -0.4 is 4.74 Å². The van der Waals surface area contributed by atoms with Gasteiger partial charge in [0.2, 0.25) is 10.0 Å². The van der Waals surface area contributed by atoms with Gasteiger partial charge in [0, 0.05) is 39.3 Å². The molecule has 6 nitrogen and oxygen atoms in total. The Bertz CT molecular complexity index is 757. The highest BCUT2D eigenvalue weighted by atomic mass is 32.2. The number of nitrogens with zero attached hydrogens (tertiary/aromatic N) is 2. The van der Waals surface area contributed by atoms with E-state index in [-0.39, 0.29) is 5.60 Å². The second-order valence-electron chi connectivity index (χ2n) is 8.81. The van der Waals surface area contributed by atoms with Gasteiger partial charge in [-0.2, -0.15) is 4.31 Å². The van der Waals surface area contributed by atoms with Gasteiger partial charge in [0.1, 0.15) is 5.75 Å². The number of benzene rings is 1. The molecule has 1 aromatic rings. The standard InChI is InChI=1S/C22H34N2O4S/c1-27-20-4-6-21(7-5-20)29(25,26)24-13-8-19(9-14-24)18-23-15-11-22(12-16-23)10-2-3-17-28-22/h4-7,19H,2-3,8-18H2,1H3. The Hall–Kier alpha value is -1.15. The second kappa shape index (κ2) is 8.92. The smallest absolute Gasteiger partial charge is 0.243 e. The largest absolute Gasteiger partial charge is 0.497 e. The average molecular weight is 423 g/mol. The Morgan fingerprint density at radius 1 is 1.03 bits per heavy atom. The molecule has 3 heterocycles. The zero-order valence-corrected chi connectivity index (χ0v) is 18.3. The van der Waals surface area contributed by atoms with E-state index >= 15 is 0 Å². The second-order valence-corrected chi connectivity index (χ2v) is 10.8. The first-order chi connectivity index (χ1) is 14.0. The molecule has 0 radical (unpaired) electrons. The third-order valence-corrected chi connectivity index (χ3v) is 8.90. The molecule has 0 aromatic heterocycles. The minimum Gasteiger partial charge on any atom is -0.497 e. The van der Waals surface area contributed by atoms with Gasteiger partial charge < -0.3 is 14.4 Å². The number of rotatable bonds is 5. The van der Waals surface area contributed by atoms with Crippen LogP contribution in [0.15, 0.2) is 29.2 Å². The number of ether oxygens (including phenoxy) is 2. The van der Waals surface area contributed by atoms with Crippen LogP contribution in [0.3, 0.4) is 0 Å². The van der Waals surface area contributed by atoms with Gasteiger partial charge in [0.15, 0.2) is 0 Å². The first-order valence-electron chi connectivity index (χ1n) is 11.0. The highest BCUT2D eigenvalue weighted by molar-refractivity contribution is 7.89. The van der Waals surface area contributed by atoms with Crippen molar-refractivity contribution in [2.45, 2.75) is 55.4 Å². The molecule has 0 unspecified atom stereocenters. The Labute approximate surface area is 175 Å². The summed E-state index contributed by atoms with van der Waals surface area (Å²) in [6.07, 6.45) is 7.92. The zero-order chi connectivity index (χ0) is 20.3. The molecule has 162 valence electrons. The van der Waals surface area contributed by atoms with Crippen molar-refractivity contribution < 1.29 is 17.9 Å². The van der Waals surface area contributed by atoms with Crippen molar-refractivity contribution in [1.29, 1.82) is 0 Å². The summed E-state index contributed by atoms with van der Waals surface area (Å²) < 4.78 is 38.8. The van der Waals surface area contributed by atoms with Crippen LogP contribution in [-0.2, 0) is 14.8 Å². The van der Waals surface area contributed by atoms with E-state index in [1.165, 1.54) is 19.3 Å². The van der Waals surface area contributed by atoms with Crippen molar-refractivity contribution in [1.82, 2.24) is 9.21 Å². The first-order valence-corrected chi connectivity index (χ1v) is 12.5. The molecule has 0 amide bonds. The summed E-state index contributed by atoms with van der Waals surface area (Å²) in [6.45, 7) is 5.47. The summed E-state index contributed by atoms with van der Waals surface area (Å²) in [7, 11) is -1.83. The lowest BCUT2D eigenvalue weighted by atomic mass is 9.84. The molecule has 3 saturated heterocycles. The topological polar surface area (TPSA) is 59.1 Å². The van der Waals surface area contributed by atoms with Crippen molar-refractivity contribution in [3.8, 4) is 5.75 Å². The molecule has 3 aliphatic heterocycles. The van der Waals surface area contributed by atoms with Gasteiger partial charge in [0.25, 0.3) is 0 Å². The van der Waals surface area contributed by atoms with Gasteiger partial charge in [-0.05, 0) is 75.1 Å². The summed E-state index contributed by atoms with van der Waals surface area (Å²) in [5.41, 5.74) is 0.157. The number of hydrogen-bond donors (Lipinski definition) is 0. The molecule has 7 heteroatoms. The molecule has 0 N–H and O–H groups in total. The fraction of sp³-hybridized carbons (Fsp3) is 0.727. The van der Waals surface area contributed by atoms with Crippen LogP contribution in [-0.4, -0.2) is 69.7 Å². The number of methoxy groups -OCH3 is 1. The van der Waals surface area contributed by atoms with Crippen LogP contribution in [0.1, 0.15) is 44.9 Å². The van der Waals surface area contributed by atoms with E-state index in [1.807, 2.05) is 0 Å². The van der Waals surface area contributed by atoms with E-state index in [2.05, 4.69) is 4.90 Å². The van der Waals surface area contributed by atoms with Gasteiger partial charge in [-0.1, -0.05) is 0 Å². The summed E-state index contributed by atoms with van der Waals surface area (Å²) in [4.78, 5) is 2.92. The van der Waals surface area contributed by atoms with E-state index in [4.69, 9.17) is 9.47 Å². The third kappa shape index (κ3) is 4.79. The highest BCUT2D eigenvalue weighted by Gasteiger charge is 2.37. The van der Waals surface area contributed by atoms with Gasteiger partial charge >= 0.3 is 0 Å². The third-order valence-electron chi connectivity index (χ3n) is 6.99. The lowest BCUT2D eigenvalue weighted by Crippen LogP contribution is -2.49. The lowest BCUT2D eigenvalue weighted by Gasteiger charge is -2.45. The lowest BCUT2D eigenvalue weighted by molar-refractivity contribution is -0.112. The van der Waals surface area contributed by atoms with Crippen molar-refractivity contribution in [2.75, 3.05) is 46.4 Å². The maximum absolute atomic E-state index is 12.9. The van der Waals surface area contributed by atoms with Gasteiger partial charge in [-0.25, -0.2) is 8.42 Å². The van der Waals surface area contributed by atoms with Gasteiger partial charge in [-0.3, -0.25) is 0 Å². The normalized spacial score (nSPS) is 24.6. The van der Waals surface area contributed by atoms with Crippen molar-refractivity contribution in [3.05, 3.63) is 24.3 Å². The van der Waals surface area contributed by atoms with Gasteiger partial charge in [0.05, 0.1) is 17.6 Å². The summed E-state index contributed by atoms with van der Waals surface area (Å²) in [6, 6.07) is 6.69. The molecule has 0 saturated carbocycles. The van der Waals surface area contributed by atoms with Crippen LogP contribution in [0.5, 0.6) is 5.75 Å². The van der Waals surface area contributed by atoms with E-state index in [0.29, 0.717) is 29.7 Å². The molecule has 3 fully saturated rings. The molecule has 1 spiro atoms. The van der Waals surface area contributed by atoms with Gasteiger partial charge in [-0.15, -0.1) is 0 Å². The SMILES string of the molecule is COc1ccc(S(=O)(=O)N2CCC(CN3CCC4(CCCCO4)CC3)CC2)cc1. The van der Waals surface area contributed by atoms with Crippen LogP contribution >= 0.6 is 0 Å². The number of hydrogen-bond acceptors (Lipinski definition) is 5. The Kier molecular flexibility index (Phi) is 6.49. The molecular weight excluding hydrogens is 388 g/mol. The Morgan fingerprint density at radius 2 is 1.72 bits per heavy atom. The fourth-order valence-electron chi connectivity index (χ4n) is 5.04. The maximum Gasteiger partial charge on any atom is 0.243 e. The van der Waals surface area contributed by atoms with E-state index in [1.54, 1.807) is 35.7 Å². The molecule has 3 aliphatic rings. The molecule has 0 atom stereocenters. The molecule has 29 heavy (non-hydrogen) atoms.